The molecule has 0 spiro atoms. The lowest BCUT2D eigenvalue weighted by atomic mass is 10.1. The third-order valence-electron chi connectivity index (χ3n) is 2.77. The molecule has 16 heavy (non-hydrogen) atoms. The highest BCUT2D eigenvalue weighted by Crippen LogP contribution is 2.27. The van der Waals surface area contributed by atoms with E-state index in [0.29, 0.717) is 13.2 Å². The third-order valence-corrected chi connectivity index (χ3v) is 2.77. The van der Waals surface area contributed by atoms with Crippen molar-refractivity contribution in [1.82, 2.24) is 4.90 Å². The Labute approximate surface area is 92.0 Å². The molecule has 1 rings (SSSR count). The maximum atomic E-state index is 12.5. The van der Waals surface area contributed by atoms with Crippen LogP contribution in [0, 0.1) is 11.3 Å². The van der Waals surface area contributed by atoms with E-state index in [1.165, 1.54) is 0 Å². The number of nitrogens with two attached hydrogens (primary N) is 1. The van der Waals surface area contributed by atoms with Gasteiger partial charge in [0.25, 0.3) is 0 Å². The predicted molar refractivity (Wildman–Crippen MR) is 53.3 cm³/mol. The molecule has 0 radical (unpaired) electrons. The quantitative estimate of drug-likeness (QED) is 0.564. The van der Waals surface area contributed by atoms with Gasteiger partial charge in [-0.1, -0.05) is 0 Å². The SMILES string of the molecule is CN(CC(C(=N)N)C(F)(F)F)C1CCOC1. The Bertz CT molecular complexity index is 251. The first-order chi connectivity index (χ1) is 7.32. The zero-order valence-electron chi connectivity index (χ0n) is 9.05. The van der Waals surface area contributed by atoms with Crippen molar-refractivity contribution in [2.45, 2.75) is 18.6 Å². The fourth-order valence-electron chi connectivity index (χ4n) is 1.68. The van der Waals surface area contributed by atoms with Gasteiger partial charge in [-0.25, -0.2) is 0 Å². The van der Waals surface area contributed by atoms with Crippen LogP contribution in [0.3, 0.4) is 0 Å². The summed E-state index contributed by atoms with van der Waals surface area (Å²) >= 11 is 0. The molecule has 0 saturated carbocycles. The van der Waals surface area contributed by atoms with Crippen molar-refractivity contribution < 1.29 is 17.9 Å². The minimum atomic E-state index is -4.46. The molecule has 0 aromatic carbocycles. The zero-order chi connectivity index (χ0) is 12.3. The van der Waals surface area contributed by atoms with Crippen molar-refractivity contribution >= 4 is 5.84 Å². The van der Waals surface area contributed by atoms with Crippen molar-refractivity contribution in [2.24, 2.45) is 11.7 Å². The van der Waals surface area contributed by atoms with Crippen LogP contribution in [0.25, 0.3) is 0 Å². The monoisotopic (exact) mass is 239 g/mol. The van der Waals surface area contributed by atoms with Crippen LogP contribution in [-0.4, -0.2) is 49.8 Å². The molecule has 7 heteroatoms. The molecule has 3 N–H and O–H groups in total. The number of nitrogens with zero attached hydrogens (tertiary/aromatic N) is 1. The van der Waals surface area contributed by atoms with E-state index in [1.54, 1.807) is 11.9 Å². The van der Waals surface area contributed by atoms with Crippen molar-refractivity contribution in [1.29, 1.82) is 5.41 Å². The Morgan fingerprint density at radius 3 is 2.62 bits per heavy atom. The molecule has 0 bridgehead atoms. The summed E-state index contributed by atoms with van der Waals surface area (Å²) in [6.07, 6.45) is -3.74. The molecule has 1 saturated heterocycles. The average Bonchev–Trinajstić information content (AvgIpc) is 2.63. The van der Waals surface area contributed by atoms with E-state index in [0.717, 1.165) is 6.42 Å². The fourth-order valence-corrected chi connectivity index (χ4v) is 1.68. The molecule has 94 valence electrons. The standard InChI is InChI=1S/C9H16F3N3O/c1-15(6-2-3-16-5-6)4-7(8(13)14)9(10,11)12/h6-7H,2-5H2,1H3,(H3,13,14). The molecule has 4 nitrogen and oxygen atoms in total. The molecular formula is C9H16F3N3O. The Morgan fingerprint density at radius 1 is 1.62 bits per heavy atom. The van der Waals surface area contributed by atoms with Crippen molar-refractivity contribution in [3.8, 4) is 0 Å². The van der Waals surface area contributed by atoms with Gasteiger partial charge in [0.1, 0.15) is 11.8 Å². The molecule has 0 aromatic rings. The molecule has 0 aliphatic carbocycles. The summed E-state index contributed by atoms with van der Waals surface area (Å²) in [7, 11) is 1.60. The van der Waals surface area contributed by atoms with Crippen LogP contribution in [0.15, 0.2) is 0 Å². The minimum absolute atomic E-state index is 0.0100. The largest absolute Gasteiger partial charge is 0.399 e. The lowest BCUT2D eigenvalue weighted by Gasteiger charge is -2.28. The van der Waals surface area contributed by atoms with Crippen molar-refractivity contribution in [3.63, 3.8) is 0 Å². The number of nitrogens with one attached hydrogen (secondary N) is 1. The molecule has 0 amide bonds. The zero-order valence-corrected chi connectivity index (χ0v) is 9.05. The van der Waals surface area contributed by atoms with E-state index in [2.05, 4.69) is 0 Å². The van der Waals surface area contributed by atoms with Crippen LogP contribution in [0.1, 0.15) is 6.42 Å². The van der Waals surface area contributed by atoms with Gasteiger partial charge in [-0.05, 0) is 13.5 Å². The van der Waals surface area contributed by atoms with E-state index >= 15 is 0 Å². The second kappa shape index (κ2) is 5.01. The van der Waals surface area contributed by atoms with E-state index in [1.807, 2.05) is 0 Å². The highest BCUT2D eigenvalue weighted by molar-refractivity contribution is 5.80. The normalized spacial score (nSPS) is 23.7. The van der Waals surface area contributed by atoms with E-state index in [9.17, 15) is 13.2 Å². The molecule has 2 atom stereocenters. The molecule has 1 fully saturated rings. The third kappa shape index (κ3) is 3.34. The van der Waals surface area contributed by atoms with Crippen LogP contribution in [-0.2, 0) is 4.74 Å². The first-order valence-corrected chi connectivity index (χ1v) is 5.01. The summed E-state index contributed by atoms with van der Waals surface area (Å²) < 4.78 is 42.7. The molecule has 0 aromatic heterocycles. The van der Waals surface area contributed by atoms with Gasteiger partial charge in [-0.15, -0.1) is 0 Å². The highest BCUT2D eigenvalue weighted by Gasteiger charge is 2.43. The maximum absolute atomic E-state index is 12.5. The van der Waals surface area contributed by atoms with Crippen LogP contribution in [0.2, 0.25) is 0 Å². The second-order valence-electron chi connectivity index (χ2n) is 4.01. The molecule has 1 aliphatic rings. The predicted octanol–water partition coefficient (Wildman–Crippen LogP) is 0.822. The smallest absolute Gasteiger partial charge is 0.387 e. The van der Waals surface area contributed by atoms with E-state index in [-0.39, 0.29) is 12.6 Å². The first-order valence-electron chi connectivity index (χ1n) is 5.01. The molecular weight excluding hydrogens is 223 g/mol. The average molecular weight is 239 g/mol. The van der Waals surface area contributed by atoms with Gasteiger partial charge in [-0.3, -0.25) is 10.3 Å². The van der Waals surface area contributed by atoms with Crippen molar-refractivity contribution in [2.75, 3.05) is 26.8 Å². The summed E-state index contributed by atoms with van der Waals surface area (Å²) in [5.74, 6) is -2.73. The number of ether oxygens (including phenoxy) is 1. The highest BCUT2D eigenvalue weighted by atomic mass is 19.4. The maximum Gasteiger partial charge on any atom is 0.399 e. The number of rotatable bonds is 4. The molecule has 1 heterocycles. The Balaban J connectivity index is 2.57. The van der Waals surface area contributed by atoms with Gasteiger partial charge < -0.3 is 10.5 Å². The number of hydrogen-bond donors (Lipinski definition) is 2. The molecule has 2 unspecified atom stereocenters. The lowest BCUT2D eigenvalue weighted by molar-refractivity contribution is -0.160. The summed E-state index contributed by atoms with van der Waals surface area (Å²) in [5.41, 5.74) is 4.98. The lowest BCUT2D eigenvalue weighted by Crippen LogP contribution is -2.46. The van der Waals surface area contributed by atoms with E-state index < -0.39 is 17.9 Å². The second-order valence-corrected chi connectivity index (χ2v) is 4.01. The fraction of sp³-hybridized carbons (Fsp3) is 0.889. The number of hydrogen-bond acceptors (Lipinski definition) is 3. The van der Waals surface area contributed by atoms with Crippen LogP contribution in [0.4, 0.5) is 13.2 Å². The molecule has 1 aliphatic heterocycles. The number of halogens is 3. The van der Waals surface area contributed by atoms with Gasteiger partial charge in [0.15, 0.2) is 0 Å². The number of likely N-dealkylation sites (N-methyl/N-ethyl adjacent to an activating group) is 1. The van der Waals surface area contributed by atoms with Gasteiger partial charge >= 0.3 is 6.18 Å². The summed E-state index contributed by atoms with van der Waals surface area (Å²) in [5, 5.41) is 6.97. The topological polar surface area (TPSA) is 62.3 Å². The summed E-state index contributed by atoms with van der Waals surface area (Å²) in [4.78, 5) is 1.56. The first kappa shape index (κ1) is 13.2. The number of amidine groups is 1. The Morgan fingerprint density at radius 2 is 2.25 bits per heavy atom. The van der Waals surface area contributed by atoms with Gasteiger partial charge in [0.05, 0.1) is 6.61 Å². The van der Waals surface area contributed by atoms with Gasteiger partial charge in [-0.2, -0.15) is 13.2 Å². The Hall–Kier alpha value is -0.820. The van der Waals surface area contributed by atoms with Gasteiger partial charge in [0.2, 0.25) is 0 Å². The minimum Gasteiger partial charge on any atom is -0.387 e. The van der Waals surface area contributed by atoms with Crippen LogP contribution >= 0.6 is 0 Å². The Kier molecular flexibility index (Phi) is 4.15. The van der Waals surface area contributed by atoms with E-state index in [4.69, 9.17) is 15.9 Å². The summed E-state index contributed by atoms with van der Waals surface area (Å²) in [6.45, 7) is 0.734. The summed E-state index contributed by atoms with van der Waals surface area (Å²) in [6, 6.07) is -0.0100. The number of alkyl halides is 3. The van der Waals surface area contributed by atoms with Crippen LogP contribution < -0.4 is 5.73 Å². The van der Waals surface area contributed by atoms with Crippen molar-refractivity contribution in [3.05, 3.63) is 0 Å². The van der Waals surface area contributed by atoms with Crippen LogP contribution in [0.5, 0.6) is 0 Å². The van der Waals surface area contributed by atoms with Gasteiger partial charge in [0, 0.05) is 19.2 Å².